The van der Waals surface area contributed by atoms with Gasteiger partial charge in [-0.15, -0.1) is 4.40 Å². The van der Waals surface area contributed by atoms with Crippen LogP contribution in [0, 0.1) is 10.1 Å². The van der Waals surface area contributed by atoms with Crippen molar-refractivity contribution in [2.75, 3.05) is 11.4 Å². The maximum Gasteiger partial charge on any atom is 0.285 e. The second-order valence-corrected chi connectivity index (χ2v) is 8.52. The monoisotopic (exact) mass is 463 g/mol. The van der Waals surface area contributed by atoms with E-state index in [0.29, 0.717) is 16.8 Å². The Bertz CT molecular complexity index is 1370. The van der Waals surface area contributed by atoms with Crippen LogP contribution in [0.1, 0.15) is 11.1 Å². The Morgan fingerprint density at radius 2 is 1.70 bits per heavy atom. The summed E-state index contributed by atoms with van der Waals surface area (Å²) in [5.41, 5.74) is 3.88. The number of nitro benzene ring substituents is 1. The summed E-state index contributed by atoms with van der Waals surface area (Å²) in [5, 5.41) is 14.6. The second kappa shape index (κ2) is 9.01. The number of nitrogens with zero attached hydrogens (tertiary/aromatic N) is 4. The molecule has 1 amide bonds. The summed E-state index contributed by atoms with van der Waals surface area (Å²) in [5.74, 6) is -0.368. The maximum absolute atomic E-state index is 12.6. The molecule has 0 spiro atoms. The van der Waals surface area contributed by atoms with Gasteiger partial charge < -0.3 is 4.90 Å². The normalized spacial score (nSPS) is 13.9. The van der Waals surface area contributed by atoms with Gasteiger partial charge in [-0.05, 0) is 42.0 Å². The third kappa shape index (κ3) is 4.77. The number of hydrogen-bond donors (Lipinski definition) is 1. The van der Waals surface area contributed by atoms with Crippen LogP contribution in [0.15, 0.2) is 93.3 Å². The zero-order chi connectivity index (χ0) is 23.4. The van der Waals surface area contributed by atoms with Crippen molar-refractivity contribution in [2.24, 2.45) is 9.50 Å². The highest BCUT2D eigenvalue weighted by molar-refractivity contribution is 7.90. The van der Waals surface area contributed by atoms with E-state index in [1.54, 1.807) is 48.5 Å². The third-order valence-electron chi connectivity index (χ3n) is 4.74. The molecule has 3 aromatic rings. The first-order valence-electron chi connectivity index (χ1n) is 9.68. The predicted octanol–water partition coefficient (Wildman–Crippen LogP) is 2.70. The Labute approximate surface area is 189 Å². The summed E-state index contributed by atoms with van der Waals surface area (Å²) in [7, 11) is -3.87. The number of carbonyl (C=O) groups excluding carboxylic acids is 1. The number of fused-ring (bicyclic) bond motifs is 1. The average Bonchev–Trinajstić information content (AvgIpc) is 3.09. The number of rotatable bonds is 6. The molecule has 33 heavy (non-hydrogen) atoms. The van der Waals surface area contributed by atoms with Crippen LogP contribution in [-0.2, 0) is 14.8 Å². The second-order valence-electron chi connectivity index (χ2n) is 6.95. The Hall–Kier alpha value is -4.38. The fourth-order valence-electron chi connectivity index (χ4n) is 3.22. The van der Waals surface area contributed by atoms with Crippen molar-refractivity contribution in [3.63, 3.8) is 0 Å². The number of amidine groups is 1. The van der Waals surface area contributed by atoms with E-state index in [9.17, 15) is 23.3 Å². The van der Waals surface area contributed by atoms with Crippen LogP contribution in [0.4, 0.5) is 11.4 Å². The molecule has 0 saturated heterocycles. The number of nitrogens with one attached hydrogen (secondary N) is 1. The van der Waals surface area contributed by atoms with Crippen LogP contribution < -0.4 is 10.3 Å². The summed E-state index contributed by atoms with van der Waals surface area (Å²) in [6.07, 6.45) is 1.35. The zero-order valence-corrected chi connectivity index (χ0v) is 17.8. The minimum Gasteiger partial charge on any atom is -0.316 e. The number of para-hydroxylation sites is 1. The number of amides is 1. The van der Waals surface area contributed by atoms with Gasteiger partial charge in [0, 0.05) is 23.4 Å². The summed E-state index contributed by atoms with van der Waals surface area (Å²) in [4.78, 5) is 24.4. The van der Waals surface area contributed by atoms with Crippen LogP contribution in [0.25, 0.3) is 0 Å². The molecule has 1 N–H and O–H groups in total. The van der Waals surface area contributed by atoms with E-state index in [-0.39, 0.29) is 23.0 Å². The molecule has 0 radical (unpaired) electrons. The van der Waals surface area contributed by atoms with Crippen molar-refractivity contribution in [1.82, 2.24) is 5.43 Å². The molecule has 0 aliphatic carbocycles. The molecule has 166 valence electrons. The van der Waals surface area contributed by atoms with Crippen molar-refractivity contribution in [2.45, 2.75) is 4.90 Å². The maximum atomic E-state index is 12.6. The highest BCUT2D eigenvalue weighted by atomic mass is 32.2. The number of hydrogen-bond acceptors (Lipinski definition) is 7. The highest BCUT2D eigenvalue weighted by Gasteiger charge is 2.33. The molecule has 10 nitrogen and oxygen atoms in total. The van der Waals surface area contributed by atoms with Crippen LogP contribution >= 0.6 is 0 Å². The summed E-state index contributed by atoms with van der Waals surface area (Å²) in [6, 6.07) is 20.9. The molecule has 0 atom stereocenters. The summed E-state index contributed by atoms with van der Waals surface area (Å²) >= 11 is 0. The molecular formula is C22H17N5O5S. The third-order valence-corrected chi connectivity index (χ3v) is 6.07. The number of anilines is 1. The van der Waals surface area contributed by atoms with E-state index in [0.717, 1.165) is 0 Å². The van der Waals surface area contributed by atoms with Gasteiger partial charge in [-0.3, -0.25) is 14.9 Å². The first kappa shape index (κ1) is 21.8. The Morgan fingerprint density at radius 1 is 1.03 bits per heavy atom. The van der Waals surface area contributed by atoms with Crippen molar-refractivity contribution in [3.05, 3.63) is 100 Å². The Kier molecular flexibility index (Phi) is 5.96. The van der Waals surface area contributed by atoms with E-state index < -0.39 is 20.9 Å². The first-order chi connectivity index (χ1) is 15.8. The van der Waals surface area contributed by atoms with Crippen LogP contribution in [-0.4, -0.2) is 37.8 Å². The molecule has 1 aliphatic heterocycles. The van der Waals surface area contributed by atoms with Crippen molar-refractivity contribution < 1.29 is 18.1 Å². The van der Waals surface area contributed by atoms with E-state index >= 15 is 0 Å². The van der Waals surface area contributed by atoms with Crippen LogP contribution in [0.3, 0.4) is 0 Å². The number of carbonyl (C=O) groups is 1. The molecule has 0 aromatic heterocycles. The minimum absolute atomic E-state index is 0.0535. The van der Waals surface area contributed by atoms with E-state index in [1.807, 2.05) is 0 Å². The molecule has 0 fully saturated rings. The van der Waals surface area contributed by atoms with Gasteiger partial charge in [0.15, 0.2) is 5.84 Å². The van der Waals surface area contributed by atoms with Gasteiger partial charge in [-0.1, -0.05) is 30.3 Å². The fourth-order valence-corrected chi connectivity index (χ4v) is 4.43. The van der Waals surface area contributed by atoms with E-state index in [2.05, 4.69) is 14.9 Å². The SMILES string of the molecule is O=C(CN(C1=NS(=O)(=O)c2ccccc21)c1ccccc1)NN=Cc1ccc([N+](=O)[O-])cc1. The summed E-state index contributed by atoms with van der Waals surface area (Å²) < 4.78 is 28.9. The quantitative estimate of drug-likeness (QED) is 0.339. The van der Waals surface area contributed by atoms with Gasteiger partial charge in [0.2, 0.25) is 0 Å². The first-order valence-corrected chi connectivity index (χ1v) is 11.1. The van der Waals surface area contributed by atoms with Gasteiger partial charge in [0.05, 0.1) is 11.1 Å². The smallest absolute Gasteiger partial charge is 0.285 e. The predicted molar refractivity (Wildman–Crippen MR) is 123 cm³/mol. The molecule has 0 saturated carbocycles. The number of hydrazone groups is 1. The van der Waals surface area contributed by atoms with Gasteiger partial charge in [-0.25, -0.2) is 5.43 Å². The molecule has 1 aliphatic rings. The number of non-ortho nitro benzene ring substituents is 1. The number of benzene rings is 3. The molecule has 11 heteroatoms. The lowest BCUT2D eigenvalue weighted by molar-refractivity contribution is -0.384. The lowest BCUT2D eigenvalue weighted by Gasteiger charge is -2.23. The highest BCUT2D eigenvalue weighted by Crippen LogP contribution is 2.29. The van der Waals surface area contributed by atoms with Crippen LogP contribution in [0.5, 0.6) is 0 Å². The Balaban J connectivity index is 1.55. The molecule has 1 heterocycles. The molecule has 0 unspecified atom stereocenters. The fraction of sp³-hybridized carbons (Fsp3) is 0.0455. The standard InChI is InChI=1S/C22H17N5O5S/c28-21(24-23-14-16-10-12-18(13-11-16)27(29)30)15-26(17-6-2-1-3-7-17)22-19-8-4-5-9-20(19)33(31,32)25-22/h1-14H,15H2,(H,24,28). The molecule has 4 rings (SSSR count). The lowest BCUT2D eigenvalue weighted by Crippen LogP contribution is -2.39. The van der Waals surface area contributed by atoms with E-state index in [4.69, 9.17) is 0 Å². The Morgan fingerprint density at radius 3 is 2.39 bits per heavy atom. The largest absolute Gasteiger partial charge is 0.316 e. The van der Waals surface area contributed by atoms with Gasteiger partial charge >= 0.3 is 0 Å². The van der Waals surface area contributed by atoms with E-state index in [1.165, 1.54) is 41.4 Å². The van der Waals surface area contributed by atoms with Crippen molar-refractivity contribution in [3.8, 4) is 0 Å². The number of nitro groups is 1. The minimum atomic E-state index is -3.87. The molecule has 3 aromatic carbocycles. The topological polar surface area (TPSA) is 134 Å². The van der Waals surface area contributed by atoms with Gasteiger partial charge in [-0.2, -0.15) is 13.5 Å². The van der Waals surface area contributed by atoms with Crippen LogP contribution in [0.2, 0.25) is 0 Å². The zero-order valence-electron chi connectivity index (χ0n) is 17.0. The lowest BCUT2D eigenvalue weighted by atomic mass is 10.1. The van der Waals surface area contributed by atoms with Crippen molar-refractivity contribution >= 4 is 39.4 Å². The van der Waals surface area contributed by atoms with Gasteiger partial charge in [0.25, 0.3) is 21.6 Å². The van der Waals surface area contributed by atoms with Crippen molar-refractivity contribution in [1.29, 1.82) is 0 Å². The number of sulfonamides is 1. The average molecular weight is 463 g/mol. The van der Waals surface area contributed by atoms with Gasteiger partial charge in [0.1, 0.15) is 11.4 Å². The molecular weight excluding hydrogens is 446 g/mol. The summed E-state index contributed by atoms with van der Waals surface area (Å²) in [6.45, 7) is -0.246. The molecule has 0 bridgehead atoms.